The Morgan fingerprint density at radius 2 is 0.892 bits per heavy atom. The van der Waals surface area contributed by atoms with E-state index in [0.29, 0.717) is 12.8 Å². The molecule has 5 aliphatic rings. The molecule has 5 rings (SSSR count). The van der Waals surface area contributed by atoms with Crippen LogP contribution >= 0.6 is 0 Å². The lowest BCUT2D eigenvalue weighted by molar-refractivity contribution is -0.403. The van der Waals surface area contributed by atoms with Gasteiger partial charge in [0.05, 0.1) is 63.9 Å². The molecule has 0 aliphatic carbocycles. The monoisotopic (exact) mass is 1600 g/mol. The molecule has 3 amide bonds. The summed E-state index contributed by atoms with van der Waals surface area (Å²) in [7, 11) is 0. The largest absolute Gasteiger partial charge is 0.477 e. The molecule has 5 heterocycles. The minimum atomic E-state index is -3.38. The number of aliphatic hydroxyl groups excluding tert-OH is 16. The highest BCUT2D eigenvalue weighted by atomic mass is 16.8. The van der Waals surface area contributed by atoms with Crippen LogP contribution < -0.4 is 16.0 Å². The summed E-state index contributed by atoms with van der Waals surface area (Å²) >= 11 is 0. The van der Waals surface area contributed by atoms with E-state index in [9.17, 15) is 106 Å². The Bertz CT molecular complexity index is 2570. The van der Waals surface area contributed by atoms with E-state index >= 15 is 0 Å². The molecule has 0 aromatic heterocycles. The fourth-order valence-corrected chi connectivity index (χ4v) is 15.0. The third-order valence-corrected chi connectivity index (χ3v) is 21.6. The third-order valence-electron chi connectivity index (χ3n) is 21.6. The van der Waals surface area contributed by atoms with Gasteiger partial charge >= 0.3 is 5.97 Å². The van der Waals surface area contributed by atoms with Gasteiger partial charge in [-0.3, -0.25) is 14.4 Å². The average molecular weight is 1600 g/mol. The number of allylic oxidation sites excluding steroid dienone is 1. The number of nitrogens with one attached hydrogen (secondary N) is 3. The van der Waals surface area contributed by atoms with Crippen molar-refractivity contribution in [3.05, 3.63) is 12.2 Å². The van der Waals surface area contributed by atoms with Gasteiger partial charge in [-0.1, -0.05) is 206 Å². The molecule has 0 radical (unpaired) electrons. The summed E-state index contributed by atoms with van der Waals surface area (Å²) in [5.74, 6) is -7.70. The zero-order valence-electron chi connectivity index (χ0n) is 65.6. The van der Waals surface area contributed by atoms with Crippen LogP contribution in [0.25, 0.3) is 0 Å². The summed E-state index contributed by atoms with van der Waals surface area (Å²) in [5.41, 5.74) is 0. The number of aliphatic hydroxyl groups is 16. The van der Waals surface area contributed by atoms with E-state index in [1.807, 2.05) is 6.08 Å². The van der Waals surface area contributed by atoms with E-state index in [2.05, 4.69) is 29.8 Å². The first-order valence-corrected chi connectivity index (χ1v) is 41.1. The fraction of sp³-hybridized carbons (Fsp3) is 0.922. The highest BCUT2D eigenvalue weighted by molar-refractivity contribution is 5.77. The van der Waals surface area contributed by atoms with Crippen molar-refractivity contribution in [2.24, 2.45) is 0 Å². The SMILES string of the molecule is CCCCCCCCCCCCCCC/C=C/[C@H](O)[C@@H](CO[C@@H]1O[C@H](CO)C(O[C@@H]2O[C@H](CO)C(O[C@@H]3O[C@H](CO)[C@H](O)C(O[C@@H]4O[C@H](CO)[C@H](O)[C@H](O)[C@H]4O)[C@H]3NC(C)=O)[C@H](OC3(C(=O)O)C[C@H](O)[C@@H](NC(C)=O)C([C@H](O)[C@H](O)CO)O3)[C@H]2O)[C@H](O)[C@H]1O)NC(=O)CCCCCCCCCCCCCCCCCCC. The lowest BCUT2D eigenvalue weighted by atomic mass is 9.88. The number of carboxylic acids is 1. The first-order chi connectivity index (χ1) is 53.3. The molecule has 28 atom stereocenters. The van der Waals surface area contributed by atoms with E-state index in [1.54, 1.807) is 6.08 Å². The normalized spacial score (nSPS) is 33.8. The number of unbranched alkanes of at least 4 members (excludes halogenated alkanes) is 29. The Morgan fingerprint density at radius 3 is 1.39 bits per heavy atom. The van der Waals surface area contributed by atoms with Crippen LogP contribution in [0.3, 0.4) is 0 Å². The second-order valence-electron chi connectivity index (χ2n) is 30.7. The van der Waals surface area contributed by atoms with E-state index < -0.39 is 235 Å². The first kappa shape index (κ1) is 98.2. The molecule has 5 aliphatic heterocycles. The maximum absolute atomic E-state index is 13.8. The molecule has 0 spiro atoms. The predicted molar refractivity (Wildman–Crippen MR) is 397 cm³/mol. The number of rotatable bonds is 56. The first-order valence-electron chi connectivity index (χ1n) is 41.1. The van der Waals surface area contributed by atoms with Gasteiger partial charge in [0.1, 0.15) is 116 Å². The third kappa shape index (κ3) is 31.4. The molecule has 5 fully saturated rings. The topological polar surface area (TPSA) is 541 Å². The summed E-state index contributed by atoms with van der Waals surface area (Å²) in [6.45, 7) is 0.352. The molecule has 34 nitrogen and oxygen atoms in total. The zero-order valence-corrected chi connectivity index (χ0v) is 65.6. The van der Waals surface area contributed by atoms with Crippen LogP contribution in [0.4, 0.5) is 0 Å². The van der Waals surface area contributed by atoms with Crippen molar-refractivity contribution in [3.8, 4) is 0 Å². The number of carbonyl (C=O) groups excluding carboxylic acids is 3. The van der Waals surface area contributed by atoms with Gasteiger partial charge in [-0.25, -0.2) is 4.79 Å². The van der Waals surface area contributed by atoms with Crippen LogP contribution in [0.5, 0.6) is 0 Å². The molecule has 0 saturated carbocycles. The lowest BCUT2D eigenvalue weighted by Gasteiger charge is -2.52. The second kappa shape index (κ2) is 53.1. The standard InChI is InChI=1S/C77H139N3O31/c1-5-7-9-11-13-15-17-19-21-22-24-26-28-30-32-34-36-38-56(91)80-48(49(88)37-35-33-31-29-27-25-23-20-18-16-14-12-10-8-6-2)45-102-73-65(98)63(96)67(54(43-84)105-73)107-75-66(99)71(111-77(76(100)101)39-50(89)57(78-46(3)86)70(110-77)59(92)51(90)40-81)68(55(44-85)106-75)108-72-58(79-47(4)87)69(61(94)53(42-83)103-72)109-74-64(97)62(95)60(93)52(41-82)104-74/h35,37,48-55,57-75,81-85,88-90,92-99H,5-34,36,38-45H2,1-4H3,(H,78,86)(H,79,87)(H,80,91)(H,100,101)/b37-35+/t48-,49+,50+,51-,52-,53-,54-,55-,57-,58-,59-,60+,61+,62+,63-,64-,65-,66-,67?,68?,69?,70?,71-,72+,73-,74+,75+,77?/m1/s1. The Labute approximate surface area is 653 Å². The molecule has 20 N–H and O–H groups in total. The van der Waals surface area contributed by atoms with Gasteiger partial charge in [0.25, 0.3) is 5.79 Å². The molecular weight excluding hydrogens is 1460 g/mol. The zero-order chi connectivity index (χ0) is 81.6. The fourth-order valence-electron chi connectivity index (χ4n) is 15.0. The van der Waals surface area contributed by atoms with Gasteiger partial charge in [0.2, 0.25) is 17.7 Å². The summed E-state index contributed by atoms with van der Waals surface area (Å²) < 4.78 is 60.2. The van der Waals surface area contributed by atoms with Crippen LogP contribution in [-0.4, -0.2) is 321 Å². The van der Waals surface area contributed by atoms with Crippen molar-refractivity contribution in [1.82, 2.24) is 16.0 Å². The molecule has 111 heavy (non-hydrogen) atoms. The summed E-state index contributed by atoms with van der Waals surface area (Å²) in [4.78, 5) is 53.1. The maximum Gasteiger partial charge on any atom is 0.364 e. The van der Waals surface area contributed by atoms with Crippen molar-refractivity contribution in [2.75, 3.05) is 39.6 Å². The molecule has 5 unspecified atom stereocenters. The quantitative estimate of drug-likeness (QED) is 0.0291. The highest BCUT2D eigenvalue weighted by Gasteiger charge is 2.62. The van der Waals surface area contributed by atoms with Gasteiger partial charge in [0.15, 0.2) is 25.2 Å². The van der Waals surface area contributed by atoms with Gasteiger partial charge in [-0.15, -0.1) is 0 Å². The lowest BCUT2D eigenvalue weighted by Crippen LogP contribution is -2.72. The van der Waals surface area contributed by atoms with Gasteiger partial charge in [-0.05, 0) is 19.3 Å². The number of carbonyl (C=O) groups is 4. The Kier molecular flexibility index (Phi) is 47.0. The number of hydrogen-bond donors (Lipinski definition) is 20. The number of amides is 3. The van der Waals surface area contributed by atoms with Crippen molar-refractivity contribution in [3.63, 3.8) is 0 Å². The number of hydrogen-bond acceptors (Lipinski definition) is 30. The van der Waals surface area contributed by atoms with Crippen molar-refractivity contribution >= 4 is 23.7 Å². The Morgan fingerprint density at radius 1 is 0.468 bits per heavy atom. The molecule has 34 heteroatoms. The summed E-state index contributed by atoms with van der Waals surface area (Å²) in [6.07, 6.45) is -11.3. The molecule has 0 bridgehead atoms. The van der Waals surface area contributed by atoms with Crippen molar-refractivity contribution in [1.29, 1.82) is 0 Å². The summed E-state index contributed by atoms with van der Waals surface area (Å²) in [5, 5.41) is 197. The molecule has 0 aromatic rings. The average Bonchev–Trinajstić information content (AvgIpc) is 0.749. The van der Waals surface area contributed by atoms with Gasteiger partial charge < -0.3 is 150 Å². The number of aliphatic carboxylic acids is 1. The molecule has 0 aromatic carbocycles. The molecule has 5 saturated heterocycles. The second-order valence-corrected chi connectivity index (χ2v) is 30.7. The minimum Gasteiger partial charge on any atom is -0.477 e. The highest BCUT2D eigenvalue weighted by Crippen LogP contribution is 2.41. The van der Waals surface area contributed by atoms with E-state index in [4.69, 9.17) is 47.4 Å². The van der Waals surface area contributed by atoms with Crippen LogP contribution in [0.15, 0.2) is 12.2 Å². The van der Waals surface area contributed by atoms with Crippen LogP contribution in [0.1, 0.15) is 240 Å². The summed E-state index contributed by atoms with van der Waals surface area (Å²) in [6, 6.07) is -4.81. The smallest absolute Gasteiger partial charge is 0.364 e. The van der Waals surface area contributed by atoms with Crippen LogP contribution in [-0.2, 0) is 66.5 Å². The van der Waals surface area contributed by atoms with Crippen molar-refractivity contribution in [2.45, 2.75) is 411 Å². The van der Waals surface area contributed by atoms with Crippen LogP contribution in [0, 0.1) is 0 Å². The predicted octanol–water partition coefficient (Wildman–Crippen LogP) is 0.518. The van der Waals surface area contributed by atoms with E-state index in [-0.39, 0.29) is 12.3 Å². The minimum absolute atomic E-state index is 0.135. The van der Waals surface area contributed by atoms with Crippen LogP contribution in [0.2, 0.25) is 0 Å². The molecule has 648 valence electrons. The number of ether oxygens (including phenoxy) is 10. The maximum atomic E-state index is 13.8. The van der Waals surface area contributed by atoms with E-state index in [0.717, 1.165) is 71.6 Å². The van der Waals surface area contributed by atoms with Crippen molar-refractivity contribution < 1.29 is 153 Å². The van der Waals surface area contributed by atoms with Gasteiger partial charge in [0, 0.05) is 26.7 Å². The Hall–Kier alpha value is -3.42. The molecular formula is C77H139N3O31. The van der Waals surface area contributed by atoms with Gasteiger partial charge in [-0.2, -0.15) is 0 Å². The van der Waals surface area contributed by atoms with E-state index in [1.165, 1.54) is 128 Å². The number of carboxylic acid groups (broad SMARTS) is 1. The Balaban J connectivity index is 1.37.